The molecule has 0 aliphatic rings. The van der Waals surface area contributed by atoms with E-state index in [9.17, 15) is 4.79 Å². The summed E-state index contributed by atoms with van der Waals surface area (Å²) in [5.41, 5.74) is 4.22. The second kappa shape index (κ2) is 5.44. The number of benzene rings is 2. The van der Waals surface area contributed by atoms with Gasteiger partial charge >= 0.3 is 5.97 Å². The van der Waals surface area contributed by atoms with E-state index in [1.54, 1.807) is 6.07 Å². The van der Waals surface area contributed by atoms with Gasteiger partial charge in [0.25, 0.3) is 0 Å². The zero-order valence-corrected chi connectivity index (χ0v) is 12.2. The Labute approximate surface area is 123 Å². The Morgan fingerprint density at radius 2 is 1.86 bits per heavy atom. The molecule has 0 aliphatic heterocycles. The Balaban J connectivity index is 1.93. The summed E-state index contributed by atoms with van der Waals surface area (Å²) in [6.07, 6.45) is 2.05. The summed E-state index contributed by atoms with van der Waals surface area (Å²) in [4.78, 5) is 11.6. The lowest BCUT2D eigenvalue weighted by Crippen LogP contribution is -2.01. The molecular formula is C18H17NO2. The number of aromatic nitrogens is 1. The molecule has 3 heteroatoms. The molecule has 0 aliphatic carbocycles. The van der Waals surface area contributed by atoms with Gasteiger partial charge in [0.05, 0.1) is 12.7 Å². The van der Waals surface area contributed by atoms with Crippen LogP contribution in [0.15, 0.2) is 54.7 Å². The smallest absolute Gasteiger partial charge is 0.337 e. The highest BCUT2D eigenvalue weighted by atomic mass is 16.5. The topological polar surface area (TPSA) is 31.2 Å². The molecule has 21 heavy (non-hydrogen) atoms. The summed E-state index contributed by atoms with van der Waals surface area (Å²) >= 11 is 0. The number of carbonyl (C=O) groups is 1. The van der Waals surface area contributed by atoms with Crippen molar-refractivity contribution in [2.75, 3.05) is 7.11 Å². The first-order valence-corrected chi connectivity index (χ1v) is 6.90. The summed E-state index contributed by atoms with van der Waals surface area (Å²) in [6.45, 7) is 2.91. The van der Waals surface area contributed by atoms with E-state index >= 15 is 0 Å². The van der Waals surface area contributed by atoms with E-state index < -0.39 is 0 Å². The average Bonchev–Trinajstić information content (AvgIpc) is 2.91. The molecule has 0 amide bonds. The Kier molecular flexibility index (Phi) is 3.48. The van der Waals surface area contributed by atoms with Gasteiger partial charge < -0.3 is 9.30 Å². The number of ether oxygens (including phenoxy) is 1. The van der Waals surface area contributed by atoms with Gasteiger partial charge in [-0.2, -0.15) is 0 Å². The highest BCUT2D eigenvalue weighted by Crippen LogP contribution is 2.19. The maximum atomic E-state index is 11.6. The number of hydrogen-bond acceptors (Lipinski definition) is 2. The molecule has 0 radical (unpaired) electrons. The van der Waals surface area contributed by atoms with Crippen molar-refractivity contribution in [2.45, 2.75) is 13.5 Å². The molecule has 106 valence electrons. The van der Waals surface area contributed by atoms with Crippen LogP contribution in [-0.4, -0.2) is 17.6 Å². The molecule has 3 nitrogen and oxygen atoms in total. The van der Waals surface area contributed by atoms with Crippen molar-refractivity contribution in [3.63, 3.8) is 0 Å². The van der Waals surface area contributed by atoms with Crippen LogP contribution < -0.4 is 0 Å². The summed E-state index contributed by atoms with van der Waals surface area (Å²) in [5.74, 6) is -0.303. The molecule has 0 saturated heterocycles. The molecule has 0 spiro atoms. The zero-order valence-electron chi connectivity index (χ0n) is 12.2. The Morgan fingerprint density at radius 1 is 1.10 bits per heavy atom. The highest BCUT2D eigenvalue weighted by Gasteiger charge is 2.08. The summed E-state index contributed by atoms with van der Waals surface area (Å²) in [6, 6.07) is 16.2. The van der Waals surface area contributed by atoms with Gasteiger partial charge in [-0.1, -0.05) is 29.8 Å². The van der Waals surface area contributed by atoms with Gasteiger partial charge in [-0.25, -0.2) is 4.79 Å². The van der Waals surface area contributed by atoms with Crippen molar-refractivity contribution < 1.29 is 9.53 Å². The van der Waals surface area contributed by atoms with E-state index in [0.29, 0.717) is 5.56 Å². The molecule has 3 aromatic rings. The third kappa shape index (κ3) is 2.68. The first kappa shape index (κ1) is 13.4. The number of rotatable bonds is 3. The van der Waals surface area contributed by atoms with Crippen LogP contribution in [0.4, 0.5) is 0 Å². The van der Waals surface area contributed by atoms with Gasteiger partial charge in [0.1, 0.15) is 0 Å². The van der Waals surface area contributed by atoms with E-state index in [1.807, 2.05) is 24.4 Å². The fraction of sp³-hybridized carbons (Fsp3) is 0.167. The van der Waals surface area contributed by atoms with Crippen molar-refractivity contribution in [3.05, 3.63) is 71.4 Å². The van der Waals surface area contributed by atoms with Gasteiger partial charge in [-0.05, 0) is 36.8 Å². The minimum atomic E-state index is -0.303. The predicted octanol–water partition coefficient (Wildman–Crippen LogP) is 3.78. The minimum absolute atomic E-state index is 0.303. The molecule has 1 heterocycles. The molecule has 0 atom stereocenters. The van der Waals surface area contributed by atoms with E-state index in [1.165, 1.54) is 18.2 Å². The second-order valence-electron chi connectivity index (χ2n) is 5.19. The molecule has 0 bridgehead atoms. The Morgan fingerprint density at radius 3 is 2.57 bits per heavy atom. The van der Waals surface area contributed by atoms with Crippen LogP contribution in [0, 0.1) is 6.92 Å². The van der Waals surface area contributed by atoms with Crippen LogP contribution in [0.1, 0.15) is 21.5 Å². The standard InChI is InChI=1S/C18H17NO2/c1-13-3-5-14(6-4-13)12-19-10-9-15-11-16(18(20)21-2)7-8-17(15)19/h3-11H,12H2,1-2H3. The van der Waals surface area contributed by atoms with Crippen LogP contribution in [0.3, 0.4) is 0 Å². The number of esters is 1. The summed E-state index contributed by atoms with van der Waals surface area (Å²) < 4.78 is 6.93. The monoisotopic (exact) mass is 279 g/mol. The van der Waals surface area contributed by atoms with Gasteiger partial charge in [-0.3, -0.25) is 0 Å². The van der Waals surface area contributed by atoms with Crippen molar-refractivity contribution in [1.82, 2.24) is 4.57 Å². The molecule has 1 aromatic heterocycles. The predicted molar refractivity (Wildman–Crippen MR) is 83.6 cm³/mol. The van der Waals surface area contributed by atoms with E-state index in [4.69, 9.17) is 4.74 Å². The fourth-order valence-corrected chi connectivity index (χ4v) is 2.47. The molecule has 2 aromatic carbocycles. The largest absolute Gasteiger partial charge is 0.465 e. The summed E-state index contributed by atoms with van der Waals surface area (Å²) in [5, 5.41) is 1.05. The third-order valence-corrected chi connectivity index (χ3v) is 3.67. The number of methoxy groups -OCH3 is 1. The average molecular weight is 279 g/mol. The lowest BCUT2D eigenvalue weighted by molar-refractivity contribution is 0.0601. The van der Waals surface area contributed by atoms with Crippen molar-refractivity contribution in [3.8, 4) is 0 Å². The van der Waals surface area contributed by atoms with Crippen LogP contribution in [0.25, 0.3) is 10.9 Å². The molecule has 0 unspecified atom stereocenters. The number of aryl methyl sites for hydroxylation is 1. The first-order chi connectivity index (χ1) is 10.2. The van der Waals surface area contributed by atoms with Gasteiger partial charge in [0.2, 0.25) is 0 Å². The zero-order chi connectivity index (χ0) is 14.8. The van der Waals surface area contributed by atoms with Crippen molar-refractivity contribution in [1.29, 1.82) is 0 Å². The van der Waals surface area contributed by atoms with Crippen molar-refractivity contribution >= 4 is 16.9 Å². The maximum Gasteiger partial charge on any atom is 0.337 e. The fourth-order valence-electron chi connectivity index (χ4n) is 2.47. The van der Waals surface area contributed by atoms with Gasteiger partial charge in [0.15, 0.2) is 0 Å². The van der Waals surface area contributed by atoms with Crippen LogP contribution in [0.5, 0.6) is 0 Å². The lowest BCUT2D eigenvalue weighted by atomic mass is 10.1. The first-order valence-electron chi connectivity index (χ1n) is 6.90. The van der Waals surface area contributed by atoms with Crippen LogP contribution in [0.2, 0.25) is 0 Å². The number of fused-ring (bicyclic) bond motifs is 1. The molecule has 3 rings (SSSR count). The van der Waals surface area contributed by atoms with E-state index in [0.717, 1.165) is 17.4 Å². The number of nitrogens with zero attached hydrogens (tertiary/aromatic N) is 1. The lowest BCUT2D eigenvalue weighted by Gasteiger charge is -2.07. The van der Waals surface area contributed by atoms with Crippen molar-refractivity contribution in [2.24, 2.45) is 0 Å². The van der Waals surface area contributed by atoms with Gasteiger partial charge in [-0.15, -0.1) is 0 Å². The normalized spacial score (nSPS) is 10.8. The van der Waals surface area contributed by atoms with E-state index in [2.05, 4.69) is 35.8 Å². The Bertz CT molecular complexity index is 785. The third-order valence-electron chi connectivity index (χ3n) is 3.67. The summed E-state index contributed by atoms with van der Waals surface area (Å²) in [7, 11) is 1.40. The quantitative estimate of drug-likeness (QED) is 0.683. The number of carbonyl (C=O) groups excluding carboxylic acids is 1. The molecule has 0 N–H and O–H groups in total. The second-order valence-corrected chi connectivity index (χ2v) is 5.19. The molecular weight excluding hydrogens is 262 g/mol. The van der Waals surface area contributed by atoms with Gasteiger partial charge in [0, 0.05) is 23.6 Å². The van der Waals surface area contributed by atoms with E-state index in [-0.39, 0.29) is 5.97 Å². The molecule has 0 fully saturated rings. The SMILES string of the molecule is COC(=O)c1ccc2c(ccn2Cc2ccc(C)cc2)c1. The van der Waals surface area contributed by atoms with Crippen LogP contribution in [-0.2, 0) is 11.3 Å². The highest BCUT2D eigenvalue weighted by molar-refractivity contribution is 5.94. The van der Waals surface area contributed by atoms with Crippen LogP contribution >= 0.6 is 0 Å². The Hall–Kier alpha value is -2.55. The molecule has 0 saturated carbocycles. The number of hydrogen-bond donors (Lipinski definition) is 0. The maximum absolute atomic E-state index is 11.6. The minimum Gasteiger partial charge on any atom is -0.465 e.